The van der Waals surface area contributed by atoms with Crippen molar-refractivity contribution in [1.29, 1.82) is 0 Å². The number of para-hydroxylation sites is 2. The van der Waals surface area contributed by atoms with Gasteiger partial charge in [0.05, 0.1) is 22.9 Å². The van der Waals surface area contributed by atoms with Gasteiger partial charge in [-0.1, -0.05) is 41.7 Å². The zero-order chi connectivity index (χ0) is 22.5. The number of carbonyl (C=O) groups is 1. The molecule has 1 saturated heterocycles. The largest absolute Gasteiger partial charge is 0.390 e. The number of anilines is 2. The first-order chi connectivity index (χ1) is 15.5. The highest BCUT2D eigenvalue weighted by atomic mass is 32.1. The molecule has 3 N–H and O–H groups in total. The van der Waals surface area contributed by atoms with Gasteiger partial charge >= 0.3 is 0 Å². The summed E-state index contributed by atoms with van der Waals surface area (Å²) in [6.07, 6.45) is -0.471. The molecule has 170 valence electrons. The highest BCUT2D eigenvalue weighted by Gasteiger charge is 2.21. The van der Waals surface area contributed by atoms with E-state index in [1.165, 1.54) is 0 Å². The molecule has 2 aromatic carbocycles. The Hall–Kier alpha value is -2.52. The van der Waals surface area contributed by atoms with E-state index in [9.17, 15) is 9.90 Å². The van der Waals surface area contributed by atoms with Gasteiger partial charge in [-0.05, 0) is 37.1 Å². The number of benzene rings is 2. The van der Waals surface area contributed by atoms with Gasteiger partial charge in [-0.25, -0.2) is 4.98 Å². The summed E-state index contributed by atoms with van der Waals surface area (Å²) in [6, 6.07) is 14.1. The van der Waals surface area contributed by atoms with Crippen molar-refractivity contribution in [2.24, 2.45) is 0 Å². The Morgan fingerprint density at radius 2 is 1.75 bits per heavy atom. The number of nitrogens with one attached hydrogen (secondary N) is 2. The van der Waals surface area contributed by atoms with Crippen molar-refractivity contribution in [1.82, 2.24) is 14.8 Å². The number of thiazole rings is 1. The van der Waals surface area contributed by atoms with E-state index in [-0.39, 0.29) is 5.91 Å². The number of aromatic nitrogens is 1. The van der Waals surface area contributed by atoms with Crippen molar-refractivity contribution < 1.29 is 9.90 Å². The number of rotatable bonds is 8. The zero-order valence-electron chi connectivity index (χ0n) is 18.7. The molecule has 4 rings (SSSR count). The van der Waals surface area contributed by atoms with Crippen LogP contribution in [0.1, 0.15) is 11.1 Å². The monoisotopic (exact) mass is 453 g/mol. The Bertz CT molecular complexity index is 1010. The van der Waals surface area contributed by atoms with Crippen LogP contribution in [0.4, 0.5) is 10.8 Å². The second kappa shape index (κ2) is 10.4. The van der Waals surface area contributed by atoms with Crippen molar-refractivity contribution in [3.8, 4) is 0 Å². The SMILES string of the molecule is Cc1cccc(C)c1NC(=O)CN1CCN(CC(O)CNc2nc3ccccc3s2)CC1. The second-order valence-corrected chi connectivity index (χ2v) is 9.44. The number of aryl methyl sites for hydroxylation is 2. The van der Waals surface area contributed by atoms with E-state index < -0.39 is 6.10 Å². The fourth-order valence-corrected chi connectivity index (χ4v) is 4.91. The van der Waals surface area contributed by atoms with Gasteiger partial charge in [0, 0.05) is 45.0 Å². The summed E-state index contributed by atoms with van der Waals surface area (Å²) in [6.45, 7) is 8.82. The number of aliphatic hydroxyl groups excluding tert-OH is 1. The molecule has 2 heterocycles. The maximum atomic E-state index is 12.5. The van der Waals surface area contributed by atoms with E-state index >= 15 is 0 Å². The first-order valence-electron chi connectivity index (χ1n) is 11.1. The van der Waals surface area contributed by atoms with E-state index in [1.807, 2.05) is 50.2 Å². The van der Waals surface area contributed by atoms with Crippen molar-refractivity contribution >= 4 is 38.3 Å². The van der Waals surface area contributed by atoms with Gasteiger partial charge in [-0.3, -0.25) is 14.6 Å². The van der Waals surface area contributed by atoms with Crippen LogP contribution < -0.4 is 10.6 Å². The number of hydrogen-bond acceptors (Lipinski definition) is 7. The summed E-state index contributed by atoms with van der Waals surface area (Å²) in [5, 5.41) is 17.6. The van der Waals surface area contributed by atoms with Crippen LogP contribution in [0.15, 0.2) is 42.5 Å². The molecule has 1 unspecified atom stereocenters. The van der Waals surface area contributed by atoms with Crippen LogP contribution in [0.3, 0.4) is 0 Å². The number of piperazine rings is 1. The number of carbonyl (C=O) groups excluding carboxylic acids is 1. The van der Waals surface area contributed by atoms with Crippen molar-refractivity contribution in [2.45, 2.75) is 20.0 Å². The van der Waals surface area contributed by atoms with Gasteiger partial charge < -0.3 is 15.7 Å². The number of fused-ring (bicyclic) bond motifs is 1. The molecule has 8 heteroatoms. The molecule has 0 saturated carbocycles. The van der Waals surface area contributed by atoms with Crippen molar-refractivity contribution in [3.63, 3.8) is 0 Å². The molecule has 1 aromatic heterocycles. The van der Waals surface area contributed by atoms with Gasteiger partial charge in [0.25, 0.3) is 0 Å². The minimum absolute atomic E-state index is 0.0240. The maximum Gasteiger partial charge on any atom is 0.238 e. The standard InChI is InChI=1S/C24H31N5O2S/c1-17-6-5-7-18(2)23(17)27-22(31)16-29-12-10-28(11-13-29)15-19(30)14-25-24-26-20-8-3-4-9-21(20)32-24/h3-9,19,30H,10-16H2,1-2H3,(H,25,26)(H,27,31). The highest BCUT2D eigenvalue weighted by molar-refractivity contribution is 7.22. The first-order valence-corrected chi connectivity index (χ1v) is 11.9. The number of β-amino-alcohol motifs (C(OH)–C–C–N with tert-alkyl or cyclic N) is 1. The lowest BCUT2D eigenvalue weighted by molar-refractivity contribution is -0.117. The van der Waals surface area contributed by atoms with E-state index in [0.717, 1.165) is 58.3 Å². The molecule has 0 spiro atoms. The molecule has 3 aromatic rings. The number of hydrogen-bond donors (Lipinski definition) is 3. The van der Waals surface area contributed by atoms with Crippen LogP contribution in [0.25, 0.3) is 10.2 Å². The summed E-state index contributed by atoms with van der Waals surface area (Å²) < 4.78 is 1.14. The normalized spacial score (nSPS) is 16.2. The topological polar surface area (TPSA) is 80.7 Å². The lowest BCUT2D eigenvalue weighted by Gasteiger charge is -2.35. The van der Waals surface area contributed by atoms with Gasteiger partial charge in [0.1, 0.15) is 0 Å². The average Bonchev–Trinajstić information content (AvgIpc) is 3.19. The fourth-order valence-electron chi connectivity index (χ4n) is 4.04. The van der Waals surface area contributed by atoms with Gasteiger partial charge in [0.2, 0.25) is 5.91 Å². The summed E-state index contributed by atoms with van der Waals surface area (Å²) in [4.78, 5) is 21.5. The summed E-state index contributed by atoms with van der Waals surface area (Å²) in [5.41, 5.74) is 4.06. The molecule has 1 amide bonds. The van der Waals surface area contributed by atoms with Gasteiger partial charge in [-0.2, -0.15) is 0 Å². The highest BCUT2D eigenvalue weighted by Crippen LogP contribution is 2.25. The summed E-state index contributed by atoms with van der Waals surface area (Å²) in [5.74, 6) is 0.0240. The van der Waals surface area contributed by atoms with E-state index in [0.29, 0.717) is 19.6 Å². The smallest absolute Gasteiger partial charge is 0.238 e. The molecule has 0 aliphatic carbocycles. The Balaban J connectivity index is 1.17. The predicted octanol–water partition coefficient (Wildman–Crippen LogP) is 2.94. The molecule has 32 heavy (non-hydrogen) atoms. The average molecular weight is 454 g/mol. The van der Waals surface area contributed by atoms with Gasteiger partial charge in [0.15, 0.2) is 5.13 Å². The number of amides is 1. The number of nitrogens with zero attached hydrogens (tertiary/aromatic N) is 3. The molecule has 1 atom stereocenters. The van der Waals surface area contributed by atoms with Crippen LogP contribution >= 0.6 is 11.3 Å². The van der Waals surface area contributed by atoms with E-state index in [4.69, 9.17) is 0 Å². The molecule has 0 bridgehead atoms. The molecule has 0 radical (unpaired) electrons. The van der Waals surface area contributed by atoms with E-state index in [2.05, 4.69) is 31.5 Å². The Labute approximate surface area is 193 Å². The predicted molar refractivity (Wildman–Crippen MR) is 132 cm³/mol. The molecule has 1 aliphatic heterocycles. The first kappa shape index (κ1) is 22.7. The molecule has 1 fully saturated rings. The quantitative estimate of drug-likeness (QED) is 0.487. The molecule has 7 nitrogen and oxygen atoms in total. The lowest BCUT2D eigenvalue weighted by atomic mass is 10.1. The second-order valence-electron chi connectivity index (χ2n) is 8.41. The lowest BCUT2D eigenvalue weighted by Crippen LogP contribution is -2.50. The third kappa shape index (κ3) is 5.83. The Morgan fingerprint density at radius 3 is 2.47 bits per heavy atom. The van der Waals surface area contributed by atoms with Crippen molar-refractivity contribution in [3.05, 3.63) is 53.6 Å². The van der Waals surface area contributed by atoms with E-state index in [1.54, 1.807) is 11.3 Å². The van der Waals surface area contributed by atoms with Crippen LogP contribution in [0.2, 0.25) is 0 Å². The number of aliphatic hydroxyl groups is 1. The maximum absolute atomic E-state index is 12.5. The van der Waals surface area contributed by atoms with Crippen LogP contribution in [0.5, 0.6) is 0 Å². The van der Waals surface area contributed by atoms with Gasteiger partial charge in [-0.15, -0.1) is 0 Å². The van der Waals surface area contributed by atoms with Crippen LogP contribution in [-0.4, -0.2) is 77.7 Å². The van der Waals surface area contributed by atoms with Crippen LogP contribution in [-0.2, 0) is 4.79 Å². The minimum Gasteiger partial charge on any atom is -0.390 e. The Kier molecular flexibility index (Phi) is 7.36. The van der Waals surface area contributed by atoms with Crippen LogP contribution in [0, 0.1) is 13.8 Å². The van der Waals surface area contributed by atoms with Crippen molar-refractivity contribution in [2.75, 3.05) is 56.4 Å². The fraction of sp³-hybridized carbons (Fsp3) is 0.417. The third-order valence-electron chi connectivity index (χ3n) is 5.83. The summed E-state index contributed by atoms with van der Waals surface area (Å²) in [7, 11) is 0. The Morgan fingerprint density at radius 1 is 1.06 bits per heavy atom. The third-order valence-corrected chi connectivity index (χ3v) is 6.82. The molecular weight excluding hydrogens is 422 g/mol. The molecular formula is C24H31N5O2S. The summed E-state index contributed by atoms with van der Waals surface area (Å²) >= 11 is 1.60. The molecule has 1 aliphatic rings. The minimum atomic E-state index is -0.471. The zero-order valence-corrected chi connectivity index (χ0v) is 19.5.